The van der Waals surface area contributed by atoms with Crippen molar-refractivity contribution in [1.82, 2.24) is 4.90 Å². The van der Waals surface area contributed by atoms with Gasteiger partial charge in [-0.2, -0.15) is 0 Å². The Kier molecular flexibility index (Phi) is 4.73. The number of rotatable bonds is 3. The number of carbonyl (C=O) groups is 3. The maximum Gasteiger partial charge on any atom is 0.240 e. The van der Waals surface area contributed by atoms with Crippen molar-refractivity contribution in [3.8, 4) is 0 Å². The van der Waals surface area contributed by atoms with Crippen molar-refractivity contribution in [3.63, 3.8) is 0 Å². The molecule has 5 nitrogen and oxygen atoms in total. The molecule has 2 saturated heterocycles. The third-order valence-electron chi connectivity index (χ3n) is 6.64. The molecule has 0 unspecified atom stereocenters. The zero-order valence-corrected chi connectivity index (χ0v) is 19.3. The van der Waals surface area contributed by atoms with Crippen molar-refractivity contribution >= 4 is 63.9 Å². The van der Waals surface area contributed by atoms with Gasteiger partial charge >= 0.3 is 0 Å². The fourth-order valence-corrected chi connectivity index (χ4v) is 6.38. The van der Waals surface area contributed by atoms with E-state index in [9.17, 15) is 14.4 Å². The molecular weight excluding hydrogens is 479 g/mol. The second-order valence-corrected chi connectivity index (χ2v) is 10.1. The number of Topliss-reactive ketones (excluding diaryl/α,β-unsaturated/α-hetero) is 1. The summed E-state index contributed by atoms with van der Waals surface area (Å²) in [4.78, 5) is 44.8. The molecule has 0 bridgehead atoms. The van der Waals surface area contributed by atoms with Crippen LogP contribution in [0.2, 0.25) is 10.0 Å². The predicted octanol–water partition coefficient (Wildman–Crippen LogP) is 5.45. The van der Waals surface area contributed by atoms with Gasteiger partial charge in [0.15, 0.2) is 5.78 Å². The largest absolute Gasteiger partial charge is 0.358 e. The molecule has 164 valence electrons. The van der Waals surface area contributed by atoms with Crippen LogP contribution in [0.4, 0.5) is 5.69 Å². The third kappa shape index (κ3) is 2.94. The van der Waals surface area contributed by atoms with E-state index >= 15 is 0 Å². The number of anilines is 1. The minimum absolute atomic E-state index is 0.160. The van der Waals surface area contributed by atoms with Gasteiger partial charge in [0, 0.05) is 11.2 Å². The molecule has 6 rings (SSSR count). The number of hydrogen-bond donors (Lipinski definition) is 0. The summed E-state index contributed by atoms with van der Waals surface area (Å²) in [6, 6.07) is 14.8. The highest BCUT2D eigenvalue weighted by atomic mass is 35.5. The van der Waals surface area contributed by atoms with Gasteiger partial charge in [-0.25, -0.2) is 4.90 Å². The number of halogens is 2. The molecule has 0 spiro atoms. The van der Waals surface area contributed by atoms with Gasteiger partial charge in [-0.1, -0.05) is 53.5 Å². The van der Waals surface area contributed by atoms with Gasteiger partial charge < -0.3 is 4.90 Å². The molecule has 8 heteroatoms. The summed E-state index contributed by atoms with van der Waals surface area (Å²) in [5.41, 5.74) is 2.15. The maximum atomic E-state index is 13.8. The topological polar surface area (TPSA) is 57.7 Å². The van der Waals surface area contributed by atoms with E-state index in [-0.39, 0.29) is 22.4 Å². The van der Waals surface area contributed by atoms with E-state index in [4.69, 9.17) is 23.2 Å². The van der Waals surface area contributed by atoms with Crippen molar-refractivity contribution in [2.75, 3.05) is 4.90 Å². The Morgan fingerprint density at radius 3 is 2.52 bits per heavy atom. The van der Waals surface area contributed by atoms with Crippen molar-refractivity contribution in [2.45, 2.75) is 12.1 Å². The van der Waals surface area contributed by atoms with Crippen LogP contribution in [0.5, 0.6) is 0 Å². The quantitative estimate of drug-likeness (QED) is 0.358. The van der Waals surface area contributed by atoms with Gasteiger partial charge in [0.25, 0.3) is 0 Å². The second-order valence-electron chi connectivity index (χ2n) is 8.28. The smallest absolute Gasteiger partial charge is 0.240 e. The highest BCUT2D eigenvalue weighted by Crippen LogP contribution is 2.54. The van der Waals surface area contributed by atoms with Crippen LogP contribution in [0.1, 0.15) is 26.8 Å². The van der Waals surface area contributed by atoms with Crippen LogP contribution in [-0.4, -0.2) is 28.5 Å². The molecule has 3 aromatic rings. The van der Waals surface area contributed by atoms with Crippen molar-refractivity contribution in [3.05, 3.63) is 92.2 Å². The van der Waals surface area contributed by atoms with E-state index < -0.39 is 29.8 Å². The summed E-state index contributed by atoms with van der Waals surface area (Å²) < 4.78 is 0. The summed E-state index contributed by atoms with van der Waals surface area (Å²) >= 11 is 13.9. The van der Waals surface area contributed by atoms with Crippen LogP contribution in [-0.2, 0) is 9.59 Å². The summed E-state index contributed by atoms with van der Waals surface area (Å²) in [7, 11) is 0. The number of hydrogen-bond acceptors (Lipinski definition) is 5. The Morgan fingerprint density at radius 1 is 0.939 bits per heavy atom. The van der Waals surface area contributed by atoms with Gasteiger partial charge in [-0.15, -0.1) is 11.3 Å². The minimum atomic E-state index is -0.831. The minimum Gasteiger partial charge on any atom is -0.358 e. The van der Waals surface area contributed by atoms with Crippen LogP contribution in [0.25, 0.3) is 6.08 Å². The van der Waals surface area contributed by atoms with Crippen molar-refractivity contribution in [2.24, 2.45) is 11.8 Å². The van der Waals surface area contributed by atoms with Crippen LogP contribution in [0.15, 0.2) is 66.2 Å². The van der Waals surface area contributed by atoms with Gasteiger partial charge in [-0.05, 0) is 46.8 Å². The first-order chi connectivity index (χ1) is 16.0. The molecule has 0 aliphatic carbocycles. The Bertz CT molecular complexity index is 1350. The first kappa shape index (κ1) is 20.7. The predicted molar refractivity (Wildman–Crippen MR) is 128 cm³/mol. The molecule has 3 aliphatic rings. The van der Waals surface area contributed by atoms with E-state index in [2.05, 4.69) is 0 Å². The van der Waals surface area contributed by atoms with Gasteiger partial charge in [0.1, 0.15) is 6.04 Å². The van der Waals surface area contributed by atoms with E-state index in [1.54, 1.807) is 18.2 Å². The fourth-order valence-electron chi connectivity index (χ4n) is 5.32. The molecule has 2 fully saturated rings. The summed E-state index contributed by atoms with van der Waals surface area (Å²) in [6.07, 6.45) is 3.78. The lowest BCUT2D eigenvalue weighted by Gasteiger charge is -2.35. The number of imide groups is 1. The first-order valence-corrected chi connectivity index (χ1v) is 12.1. The molecule has 4 atom stereocenters. The standard InChI is InChI=1S/C25H16Cl2N2O3S/c26-14-7-8-16(27)17(12-14)29-24(31)19-20(25(29)32)22(23(30)18-6-3-11-33-18)28-10-9-13-4-1-2-5-15(13)21(19)28/h1-12,19-22H/t19-,20+,21-,22-/m0/s1. The van der Waals surface area contributed by atoms with Crippen LogP contribution in [0.3, 0.4) is 0 Å². The van der Waals surface area contributed by atoms with Crippen LogP contribution < -0.4 is 4.90 Å². The van der Waals surface area contributed by atoms with Crippen LogP contribution >= 0.6 is 34.5 Å². The third-order valence-corrected chi connectivity index (χ3v) is 8.08. The average molecular weight is 495 g/mol. The van der Waals surface area contributed by atoms with Gasteiger partial charge in [-0.3, -0.25) is 14.4 Å². The van der Waals surface area contributed by atoms with E-state index in [0.717, 1.165) is 16.0 Å². The Morgan fingerprint density at radius 2 is 1.73 bits per heavy atom. The zero-order chi connectivity index (χ0) is 22.9. The lowest BCUT2D eigenvalue weighted by molar-refractivity contribution is -0.123. The molecule has 2 amide bonds. The lowest BCUT2D eigenvalue weighted by atomic mass is 9.84. The number of fused-ring (bicyclic) bond motifs is 5. The van der Waals surface area contributed by atoms with E-state index in [1.165, 1.54) is 17.4 Å². The summed E-state index contributed by atoms with van der Waals surface area (Å²) in [5, 5.41) is 2.45. The average Bonchev–Trinajstić information content (AvgIpc) is 3.52. The van der Waals surface area contributed by atoms with E-state index in [0.29, 0.717) is 9.90 Å². The maximum absolute atomic E-state index is 13.8. The number of amides is 2. The molecule has 4 heterocycles. The number of thiophene rings is 1. The molecular formula is C25H16Cl2N2O3S. The van der Waals surface area contributed by atoms with Gasteiger partial charge in [0.05, 0.1) is 33.5 Å². The highest BCUT2D eigenvalue weighted by molar-refractivity contribution is 7.12. The highest BCUT2D eigenvalue weighted by Gasteiger charge is 2.64. The SMILES string of the molecule is O=C(c1cccs1)[C@@H]1[C@@H]2C(=O)N(c3cc(Cl)ccc3Cl)C(=O)[C@@H]2[C@@H]2c3ccccc3C=CN12. The number of nitrogens with zero attached hydrogens (tertiary/aromatic N) is 2. The zero-order valence-electron chi connectivity index (χ0n) is 17.0. The van der Waals surface area contributed by atoms with Gasteiger partial charge in [0.2, 0.25) is 11.8 Å². The summed E-state index contributed by atoms with van der Waals surface area (Å²) in [5.74, 6) is -2.50. The second kappa shape index (κ2) is 7.55. The van der Waals surface area contributed by atoms with Crippen molar-refractivity contribution < 1.29 is 14.4 Å². The lowest BCUT2D eigenvalue weighted by Crippen LogP contribution is -2.44. The monoisotopic (exact) mass is 494 g/mol. The summed E-state index contributed by atoms with van der Waals surface area (Å²) in [6.45, 7) is 0. The molecule has 0 N–H and O–H groups in total. The molecule has 1 aromatic heterocycles. The normalized spacial score (nSPS) is 25.3. The molecule has 33 heavy (non-hydrogen) atoms. The number of benzene rings is 2. The Balaban J connectivity index is 1.52. The molecule has 2 aromatic carbocycles. The molecule has 0 radical (unpaired) electrons. The molecule has 3 aliphatic heterocycles. The first-order valence-electron chi connectivity index (χ1n) is 10.4. The number of ketones is 1. The van der Waals surface area contributed by atoms with Crippen LogP contribution in [0, 0.1) is 11.8 Å². The Hall–Kier alpha value is -2.93. The fraction of sp³-hybridized carbons (Fsp3) is 0.160. The Labute approximate surface area is 203 Å². The van der Waals surface area contributed by atoms with E-state index in [1.807, 2.05) is 52.9 Å². The number of carbonyl (C=O) groups excluding carboxylic acids is 3. The van der Waals surface area contributed by atoms with Crippen molar-refractivity contribution in [1.29, 1.82) is 0 Å². The molecule has 0 saturated carbocycles.